The van der Waals surface area contributed by atoms with E-state index in [9.17, 15) is 24.2 Å². The van der Waals surface area contributed by atoms with E-state index < -0.39 is 27.1 Å². The summed E-state index contributed by atoms with van der Waals surface area (Å²) < 4.78 is 16.6. The molecule has 6 rings (SSSR count). The number of nitro groups is 1. The van der Waals surface area contributed by atoms with E-state index in [1.54, 1.807) is 56.1 Å². The number of carboxylic acid groups (broad SMARTS) is 1. The van der Waals surface area contributed by atoms with Crippen molar-refractivity contribution in [2.24, 2.45) is 5.10 Å². The molecular weight excluding hydrogens is 818 g/mol. The Kier molecular flexibility index (Phi) is 15.6. The number of likely N-dealkylation sites (N-methyl/N-ethyl adjacent to an activating group) is 1. The number of rotatable bonds is 18. The zero-order chi connectivity index (χ0) is 42.4. The Morgan fingerprint density at radius 3 is 2.32 bits per heavy atom. The number of aliphatic carboxylic acids is 1. The van der Waals surface area contributed by atoms with Gasteiger partial charge in [0.25, 0.3) is 0 Å². The van der Waals surface area contributed by atoms with Crippen LogP contribution in [0.3, 0.4) is 0 Å². The normalized spacial score (nSPS) is 15.9. The summed E-state index contributed by atoms with van der Waals surface area (Å²) in [4.78, 5) is 29.4. The first-order valence-corrected chi connectivity index (χ1v) is 22.2. The zero-order valence-electron chi connectivity index (χ0n) is 33.4. The van der Waals surface area contributed by atoms with Crippen LogP contribution in [0.25, 0.3) is 5.57 Å². The SMILES string of the molecule is CC/C(=C\C(C=C/C=C/NCCSc1ccccc1)S(=O)Nc1ccc(N2CCN(c3cccc(C4=C(C(=O)O)N(C)N=C(c5ccc(Cl)cc5)C4)c3)CC2)cc1)[N+](=O)[O-]. The Labute approximate surface area is 362 Å². The first-order chi connectivity index (χ1) is 29.1. The molecule has 2 aliphatic heterocycles. The monoisotopic (exact) mass is 865 g/mol. The number of thioether (sulfide) groups is 1. The summed E-state index contributed by atoms with van der Waals surface area (Å²) in [5.41, 5.74) is 5.98. The van der Waals surface area contributed by atoms with E-state index in [2.05, 4.69) is 49.2 Å². The number of halogens is 1. The van der Waals surface area contributed by atoms with E-state index in [1.807, 2.05) is 72.9 Å². The predicted octanol–water partition coefficient (Wildman–Crippen LogP) is 8.67. The number of carboxylic acids is 1. The maximum absolute atomic E-state index is 13.5. The number of hydrogen-bond acceptors (Lipinski definition) is 10. The molecule has 3 N–H and O–H groups in total. The fraction of sp³-hybridized carbons (Fsp3) is 0.244. The second-order valence-corrected chi connectivity index (χ2v) is 16.9. The number of anilines is 3. The summed E-state index contributed by atoms with van der Waals surface area (Å²) >= 11 is 7.88. The summed E-state index contributed by atoms with van der Waals surface area (Å²) in [6.45, 7) is 5.49. The van der Waals surface area contributed by atoms with Gasteiger partial charge in [-0.1, -0.05) is 73.1 Å². The topological polar surface area (TPSA) is 144 Å². The first-order valence-electron chi connectivity index (χ1n) is 19.6. The number of nitrogens with one attached hydrogen (secondary N) is 2. The summed E-state index contributed by atoms with van der Waals surface area (Å²) in [5.74, 6) is -0.142. The van der Waals surface area contributed by atoms with Gasteiger partial charge in [0.2, 0.25) is 5.70 Å². The average Bonchev–Trinajstić information content (AvgIpc) is 3.26. The smallest absolute Gasteiger partial charge is 0.354 e. The minimum absolute atomic E-state index is 0.00231. The van der Waals surface area contributed by atoms with Crippen LogP contribution in [0, 0.1) is 10.1 Å². The highest BCUT2D eigenvalue weighted by atomic mass is 35.5. The lowest BCUT2D eigenvalue weighted by Crippen LogP contribution is -2.46. The van der Waals surface area contributed by atoms with Crippen molar-refractivity contribution in [2.75, 3.05) is 60.0 Å². The van der Waals surface area contributed by atoms with Gasteiger partial charge in [-0.15, -0.1) is 11.8 Å². The molecule has 2 atom stereocenters. The molecule has 1 fully saturated rings. The van der Waals surface area contributed by atoms with E-state index in [4.69, 9.17) is 11.6 Å². The molecule has 312 valence electrons. The number of nitrogens with zero attached hydrogens (tertiary/aromatic N) is 5. The molecule has 15 heteroatoms. The van der Waals surface area contributed by atoms with Gasteiger partial charge in [0.05, 0.1) is 15.9 Å². The van der Waals surface area contributed by atoms with Crippen LogP contribution in [-0.4, -0.2) is 81.7 Å². The molecule has 60 heavy (non-hydrogen) atoms. The third kappa shape index (κ3) is 11.9. The Bertz CT molecular complexity index is 2290. The lowest BCUT2D eigenvalue weighted by molar-refractivity contribution is -0.427. The zero-order valence-corrected chi connectivity index (χ0v) is 35.8. The highest BCUT2D eigenvalue weighted by Gasteiger charge is 2.28. The molecule has 2 unspecified atom stereocenters. The number of benzene rings is 4. The maximum atomic E-state index is 13.5. The average molecular weight is 867 g/mol. The van der Waals surface area contributed by atoms with Crippen LogP contribution in [0.2, 0.25) is 5.02 Å². The summed E-state index contributed by atoms with van der Waals surface area (Å²) in [5, 5.41) is 30.9. The van der Waals surface area contributed by atoms with Crippen LogP contribution < -0.4 is 19.8 Å². The van der Waals surface area contributed by atoms with Gasteiger partial charge in [-0.05, 0) is 89.6 Å². The predicted molar refractivity (Wildman–Crippen MR) is 247 cm³/mol. The molecule has 0 saturated carbocycles. The van der Waals surface area contributed by atoms with Crippen LogP contribution in [0.15, 0.2) is 155 Å². The van der Waals surface area contributed by atoms with Gasteiger partial charge in [-0.2, -0.15) is 5.10 Å². The molecule has 0 spiro atoms. The fourth-order valence-corrected chi connectivity index (χ4v) is 8.82. The number of piperazine rings is 1. The summed E-state index contributed by atoms with van der Waals surface area (Å²) in [6, 6.07) is 33.3. The Hall–Kier alpha value is -5.83. The van der Waals surface area contributed by atoms with Gasteiger partial charge in [-0.3, -0.25) is 15.1 Å². The molecule has 0 aromatic heterocycles. The number of allylic oxidation sites excluding steroid dienone is 4. The van der Waals surface area contributed by atoms with Gasteiger partial charge < -0.3 is 24.9 Å². The third-order valence-corrected chi connectivity index (χ3v) is 12.5. The van der Waals surface area contributed by atoms with Crippen LogP contribution in [0.4, 0.5) is 17.1 Å². The molecule has 0 aliphatic carbocycles. The van der Waals surface area contributed by atoms with Gasteiger partial charge in [-0.25, -0.2) is 9.00 Å². The van der Waals surface area contributed by atoms with Crippen molar-refractivity contribution in [2.45, 2.75) is 29.9 Å². The van der Waals surface area contributed by atoms with Gasteiger partial charge >= 0.3 is 5.97 Å². The fourth-order valence-electron chi connectivity index (χ4n) is 6.87. The van der Waals surface area contributed by atoms with Crippen LogP contribution >= 0.6 is 23.4 Å². The second kappa shape index (κ2) is 21.4. The lowest BCUT2D eigenvalue weighted by atomic mass is 9.93. The number of hydrogen-bond donors (Lipinski definition) is 3. The van der Waals surface area contributed by atoms with Crippen LogP contribution in [0.5, 0.6) is 0 Å². The van der Waals surface area contributed by atoms with Crippen LogP contribution in [-0.2, 0) is 15.8 Å². The summed E-state index contributed by atoms with van der Waals surface area (Å²) in [7, 11) is -0.0282. The Morgan fingerprint density at radius 1 is 0.950 bits per heavy atom. The Morgan fingerprint density at radius 2 is 1.65 bits per heavy atom. The minimum Gasteiger partial charge on any atom is -0.477 e. The van der Waals surface area contributed by atoms with Crippen molar-refractivity contribution in [3.8, 4) is 0 Å². The lowest BCUT2D eigenvalue weighted by Gasteiger charge is -2.37. The highest BCUT2D eigenvalue weighted by molar-refractivity contribution is 7.99. The quantitative estimate of drug-likeness (QED) is 0.0292. The van der Waals surface area contributed by atoms with Gasteiger partial charge in [0.15, 0.2) is 0 Å². The molecule has 0 radical (unpaired) electrons. The Balaban J connectivity index is 1.05. The van der Waals surface area contributed by atoms with E-state index in [1.165, 1.54) is 16.0 Å². The van der Waals surface area contributed by atoms with Crippen molar-refractivity contribution in [1.82, 2.24) is 10.3 Å². The van der Waals surface area contributed by atoms with Gasteiger partial charge in [0, 0.05) is 91.4 Å². The molecular formula is C45H48ClN7O5S2. The van der Waals surface area contributed by atoms with E-state index in [0.29, 0.717) is 22.7 Å². The molecule has 0 bridgehead atoms. The second-order valence-electron chi connectivity index (χ2n) is 13.9. The van der Waals surface area contributed by atoms with E-state index in [0.717, 1.165) is 66.7 Å². The molecule has 4 aromatic rings. The van der Waals surface area contributed by atoms with Crippen molar-refractivity contribution in [3.63, 3.8) is 0 Å². The van der Waals surface area contributed by atoms with Crippen molar-refractivity contribution >= 4 is 68.7 Å². The molecule has 2 aliphatic rings. The summed E-state index contributed by atoms with van der Waals surface area (Å²) in [6.07, 6.45) is 9.07. The van der Waals surface area contributed by atoms with Crippen molar-refractivity contribution in [3.05, 3.63) is 171 Å². The van der Waals surface area contributed by atoms with E-state index >= 15 is 0 Å². The third-order valence-electron chi connectivity index (χ3n) is 9.98. The molecule has 4 aromatic carbocycles. The van der Waals surface area contributed by atoms with Crippen molar-refractivity contribution < 1.29 is 19.0 Å². The molecule has 12 nitrogen and oxygen atoms in total. The van der Waals surface area contributed by atoms with Crippen LogP contribution in [0.1, 0.15) is 30.9 Å². The molecule has 1 saturated heterocycles. The highest BCUT2D eigenvalue weighted by Crippen LogP contribution is 2.33. The molecule has 0 amide bonds. The standard InChI is InChI=1S/C45H48ClN7O5S2/c1-3-37(53(56)57)31-41(14-7-8-23-47-24-29-59-40-12-5-4-6-13-40)60(58)49-36-19-21-38(22-20-36)51-25-27-52(28-26-51)39-11-9-10-34(30-39)42-32-43(33-15-17-35(46)18-16-33)48-50(2)44(42)45(54)55/h4-23,30-31,41,47,49H,3,24-29,32H2,1-2H3,(H,54,55)/b14-7?,23-8+,37-31+. The first kappa shape index (κ1) is 43.7. The minimum atomic E-state index is -1.69. The van der Waals surface area contributed by atoms with E-state index in [-0.39, 0.29) is 17.8 Å². The molecule has 2 heterocycles. The van der Waals surface area contributed by atoms with Crippen molar-refractivity contribution in [1.29, 1.82) is 0 Å². The number of hydrazone groups is 1. The van der Waals surface area contributed by atoms with Gasteiger partial charge in [0.1, 0.15) is 16.7 Å². The number of carbonyl (C=O) groups is 1. The maximum Gasteiger partial charge on any atom is 0.354 e. The largest absolute Gasteiger partial charge is 0.477 e.